The molecule has 0 bridgehead atoms. The van der Waals surface area contributed by atoms with Crippen molar-refractivity contribution in [1.82, 2.24) is 10.9 Å². The van der Waals surface area contributed by atoms with Gasteiger partial charge < -0.3 is 10.4 Å². The summed E-state index contributed by atoms with van der Waals surface area (Å²) < 4.78 is 0. The van der Waals surface area contributed by atoms with E-state index in [9.17, 15) is 9.90 Å². The molecule has 0 saturated heterocycles. The van der Waals surface area contributed by atoms with Crippen LogP contribution in [-0.2, 0) is 0 Å². The number of aromatic hydroxyl groups is 1. The molecule has 0 aliphatic carbocycles. The maximum absolute atomic E-state index is 11.9. The average molecular weight is 356 g/mol. The summed E-state index contributed by atoms with van der Waals surface area (Å²) in [6.45, 7) is 0. The second kappa shape index (κ2) is 7.31. The number of carbonyl (C=O) groups is 1. The molecule has 0 saturated carbocycles. The summed E-state index contributed by atoms with van der Waals surface area (Å²) in [5.74, 6) is -0.647. The molecule has 0 radical (unpaired) electrons. The summed E-state index contributed by atoms with van der Waals surface area (Å²) in [6, 6.07) is 11.0. The fraction of sp³-hybridized carbons (Fsp3) is 0. The van der Waals surface area contributed by atoms with Crippen molar-refractivity contribution >= 4 is 52.1 Å². The molecule has 2 aromatic rings. The smallest absolute Gasteiger partial charge is 0.273 e. The number of thiocarbonyl (C=S) groups is 1. The zero-order valence-corrected chi connectivity index (χ0v) is 13.4. The fourth-order valence-corrected chi connectivity index (χ4v) is 2.21. The van der Waals surface area contributed by atoms with Gasteiger partial charge in [-0.1, -0.05) is 35.3 Å². The van der Waals surface area contributed by atoms with E-state index in [0.717, 1.165) is 0 Å². The zero-order chi connectivity index (χ0) is 16.1. The van der Waals surface area contributed by atoms with Gasteiger partial charge in [-0.15, -0.1) is 0 Å². The lowest BCUT2D eigenvalue weighted by Crippen LogP contribution is -2.43. The van der Waals surface area contributed by atoms with Crippen molar-refractivity contribution in [3.63, 3.8) is 0 Å². The number of phenolic OH excluding ortho intramolecular Hbond substituents is 1. The van der Waals surface area contributed by atoms with Gasteiger partial charge in [0.1, 0.15) is 5.75 Å². The first kappa shape index (κ1) is 16.4. The molecule has 0 aliphatic rings. The largest absolute Gasteiger partial charge is 0.507 e. The topological polar surface area (TPSA) is 73.4 Å². The van der Waals surface area contributed by atoms with Crippen LogP contribution in [0.2, 0.25) is 10.0 Å². The van der Waals surface area contributed by atoms with Gasteiger partial charge in [0.05, 0.1) is 16.3 Å². The summed E-state index contributed by atoms with van der Waals surface area (Å²) in [5, 5.41) is 13.4. The Morgan fingerprint density at radius 2 is 1.82 bits per heavy atom. The SMILES string of the molecule is O=C(NNC(=S)Nc1ccc(Cl)cc1Cl)c1ccccc1O. The highest BCUT2D eigenvalue weighted by Gasteiger charge is 2.10. The Bertz CT molecular complexity index is 725. The first-order valence-electron chi connectivity index (χ1n) is 6.08. The standard InChI is InChI=1S/C14H11Cl2N3O2S/c15-8-5-6-11(10(16)7-8)17-14(22)19-18-13(21)9-3-1-2-4-12(9)20/h1-7,20H,(H,18,21)(H2,17,19,22). The number of hydrazine groups is 1. The van der Waals surface area contributed by atoms with E-state index in [-0.39, 0.29) is 16.4 Å². The van der Waals surface area contributed by atoms with E-state index in [4.69, 9.17) is 35.4 Å². The number of anilines is 1. The van der Waals surface area contributed by atoms with Crippen LogP contribution >= 0.6 is 35.4 Å². The van der Waals surface area contributed by atoms with Crippen molar-refractivity contribution in [2.75, 3.05) is 5.32 Å². The van der Waals surface area contributed by atoms with Crippen LogP contribution in [0.15, 0.2) is 42.5 Å². The highest BCUT2D eigenvalue weighted by Crippen LogP contribution is 2.25. The van der Waals surface area contributed by atoms with E-state index in [1.165, 1.54) is 12.1 Å². The molecular weight excluding hydrogens is 345 g/mol. The van der Waals surface area contributed by atoms with Gasteiger partial charge in [0, 0.05) is 5.02 Å². The lowest BCUT2D eigenvalue weighted by molar-refractivity contribution is 0.0941. The number of phenols is 1. The van der Waals surface area contributed by atoms with Gasteiger partial charge in [-0.2, -0.15) is 0 Å². The van der Waals surface area contributed by atoms with Crippen LogP contribution < -0.4 is 16.2 Å². The maximum Gasteiger partial charge on any atom is 0.273 e. The zero-order valence-electron chi connectivity index (χ0n) is 11.1. The van der Waals surface area contributed by atoms with Crippen molar-refractivity contribution in [1.29, 1.82) is 0 Å². The third-order valence-electron chi connectivity index (χ3n) is 2.62. The number of benzene rings is 2. The summed E-state index contributed by atoms with van der Waals surface area (Å²) >= 11 is 16.8. The van der Waals surface area contributed by atoms with E-state index in [1.54, 1.807) is 30.3 Å². The van der Waals surface area contributed by atoms with Crippen molar-refractivity contribution in [3.05, 3.63) is 58.1 Å². The molecule has 0 aliphatic heterocycles. The van der Waals surface area contributed by atoms with Crippen LogP contribution in [0.3, 0.4) is 0 Å². The molecule has 2 rings (SSSR count). The van der Waals surface area contributed by atoms with Crippen molar-refractivity contribution in [2.24, 2.45) is 0 Å². The highest BCUT2D eigenvalue weighted by atomic mass is 35.5. The first-order chi connectivity index (χ1) is 10.5. The molecule has 0 spiro atoms. The Morgan fingerprint density at radius 3 is 2.50 bits per heavy atom. The van der Waals surface area contributed by atoms with Gasteiger partial charge in [-0.3, -0.25) is 15.6 Å². The number of rotatable bonds is 2. The Hall–Kier alpha value is -2.02. The third-order valence-corrected chi connectivity index (χ3v) is 3.37. The van der Waals surface area contributed by atoms with Crippen molar-refractivity contribution in [2.45, 2.75) is 0 Å². The van der Waals surface area contributed by atoms with Crippen LogP contribution in [0.4, 0.5) is 5.69 Å². The van der Waals surface area contributed by atoms with Gasteiger partial charge in [0.2, 0.25) is 0 Å². The number of amides is 1. The molecular formula is C14H11Cl2N3O2S. The number of halogens is 2. The van der Waals surface area contributed by atoms with Gasteiger partial charge in [0.15, 0.2) is 5.11 Å². The average Bonchev–Trinajstić information content (AvgIpc) is 2.48. The molecule has 5 nitrogen and oxygen atoms in total. The van der Waals surface area contributed by atoms with E-state index in [1.807, 2.05) is 0 Å². The molecule has 0 atom stereocenters. The molecule has 2 aromatic carbocycles. The number of hydrogen-bond acceptors (Lipinski definition) is 3. The molecule has 8 heteroatoms. The second-order valence-corrected chi connectivity index (χ2v) is 5.43. The molecule has 0 aromatic heterocycles. The van der Waals surface area contributed by atoms with Gasteiger partial charge in [-0.05, 0) is 42.5 Å². The number of carbonyl (C=O) groups excluding carboxylic acids is 1. The number of para-hydroxylation sites is 1. The monoisotopic (exact) mass is 355 g/mol. The molecule has 4 N–H and O–H groups in total. The molecule has 0 fully saturated rings. The molecule has 22 heavy (non-hydrogen) atoms. The van der Waals surface area contributed by atoms with Gasteiger partial charge in [0.25, 0.3) is 5.91 Å². The lowest BCUT2D eigenvalue weighted by Gasteiger charge is -2.13. The van der Waals surface area contributed by atoms with Crippen LogP contribution in [0.1, 0.15) is 10.4 Å². The summed E-state index contributed by atoms with van der Waals surface area (Å²) in [7, 11) is 0. The quantitative estimate of drug-likeness (QED) is 0.491. The first-order valence-corrected chi connectivity index (χ1v) is 7.24. The van der Waals surface area contributed by atoms with E-state index in [2.05, 4.69) is 16.2 Å². The Kier molecular flexibility index (Phi) is 5.43. The summed E-state index contributed by atoms with van der Waals surface area (Å²) in [5.41, 5.74) is 5.55. The Morgan fingerprint density at radius 1 is 1.09 bits per heavy atom. The predicted octanol–water partition coefficient (Wildman–Crippen LogP) is 3.33. The maximum atomic E-state index is 11.9. The molecule has 0 heterocycles. The van der Waals surface area contributed by atoms with Crippen LogP contribution in [0.5, 0.6) is 5.75 Å². The van der Waals surface area contributed by atoms with E-state index < -0.39 is 5.91 Å². The molecule has 114 valence electrons. The predicted molar refractivity (Wildman–Crippen MR) is 91.4 cm³/mol. The van der Waals surface area contributed by atoms with E-state index >= 15 is 0 Å². The van der Waals surface area contributed by atoms with Crippen molar-refractivity contribution < 1.29 is 9.90 Å². The molecule has 0 unspecified atom stereocenters. The van der Waals surface area contributed by atoms with Crippen LogP contribution in [0, 0.1) is 0 Å². The summed E-state index contributed by atoms with van der Waals surface area (Å²) in [4.78, 5) is 11.9. The Balaban J connectivity index is 1.93. The highest BCUT2D eigenvalue weighted by molar-refractivity contribution is 7.80. The van der Waals surface area contributed by atoms with Crippen LogP contribution in [0.25, 0.3) is 0 Å². The minimum absolute atomic E-state index is 0.124. The van der Waals surface area contributed by atoms with E-state index in [0.29, 0.717) is 15.7 Å². The third kappa shape index (κ3) is 4.24. The molecule has 1 amide bonds. The fourth-order valence-electron chi connectivity index (χ4n) is 1.59. The van der Waals surface area contributed by atoms with Crippen molar-refractivity contribution in [3.8, 4) is 5.75 Å². The van der Waals surface area contributed by atoms with Gasteiger partial charge in [-0.25, -0.2) is 0 Å². The Labute approximate surface area is 142 Å². The number of nitrogens with one attached hydrogen (secondary N) is 3. The normalized spacial score (nSPS) is 9.91. The van der Waals surface area contributed by atoms with Gasteiger partial charge >= 0.3 is 0 Å². The second-order valence-electron chi connectivity index (χ2n) is 4.17. The minimum atomic E-state index is -0.524. The lowest BCUT2D eigenvalue weighted by atomic mass is 10.2. The van der Waals surface area contributed by atoms with Crippen LogP contribution in [-0.4, -0.2) is 16.1 Å². The number of hydrogen-bond donors (Lipinski definition) is 4. The summed E-state index contributed by atoms with van der Waals surface area (Å²) in [6.07, 6.45) is 0. The minimum Gasteiger partial charge on any atom is -0.507 e.